The van der Waals surface area contributed by atoms with E-state index in [1.807, 2.05) is 0 Å². The lowest BCUT2D eigenvalue weighted by atomic mass is 9.85. The molecule has 2 nitrogen and oxygen atoms in total. The van der Waals surface area contributed by atoms with Crippen LogP contribution < -0.4 is 0 Å². The standard InChI is InChI=1S/C17H18O2/c1-11-6-9-15-14(10-11)8-7-13-4-3-5-16(17(13)15)19-12(2)18/h6-10,16H,3-5H2,1-2H3/t16-/m0/s1. The lowest BCUT2D eigenvalue weighted by Gasteiger charge is -2.26. The van der Waals surface area contributed by atoms with Crippen molar-refractivity contribution in [1.82, 2.24) is 0 Å². The van der Waals surface area contributed by atoms with E-state index in [1.165, 1.54) is 34.4 Å². The van der Waals surface area contributed by atoms with Gasteiger partial charge in [-0.25, -0.2) is 0 Å². The van der Waals surface area contributed by atoms with Crippen LogP contribution in [0.15, 0.2) is 30.3 Å². The van der Waals surface area contributed by atoms with Crippen LogP contribution in [-0.4, -0.2) is 5.97 Å². The van der Waals surface area contributed by atoms with Crippen LogP contribution in [0.4, 0.5) is 0 Å². The zero-order valence-electron chi connectivity index (χ0n) is 11.4. The molecule has 1 aliphatic rings. The molecular formula is C17H18O2. The predicted molar refractivity (Wildman–Crippen MR) is 76.1 cm³/mol. The lowest BCUT2D eigenvalue weighted by Crippen LogP contribution is -2.15. The molecule has 1 atom stereocenters. The van der Waals surface area contributed by atoms with Crippen molar-refractivity contribution in [2.45, 2.75) is 39.2 Å². The van der Waals surface area contributed by atoms with Crippen molar-refractivity contribution in [3.63, 3.8) is 0 Å². The van der Waals surface area contributed by atoms with Gasteiger partial charge in [-0.15, -0.1) is 0 Å². The number of hydrogen-bond donors (Lipinski definition) is 0. The first kappa shape index (κ1) is 12.2. The smallest absolute Gasteiger partial charge is 0.303 e. The van der Waals surface area contributed by atoms with Crippen LogP contribution in [-0.2, 0) is 16.0 Å². The summed E-state index contributed by atoms with van der Waals surface area (Å²) >= 11 is 0. The number of fused-ring (bicyclic) bond motifs is 3. The highest BCUT2D eigenvalue weighted by molar-refractivity contribution is 5.88. The largest absolute Gasteiger partial charge is 0.458 e. The third kappa shape index (κ3) is 2.23. The van der Waals surface area contributed by atoms with Gasteiger partial charge >= 0.3 is 5.97 Å². The van der Waals surface area contributed by atoms with Gasteiger partial charge < -0.3 is 4.74 Å². The average Bonchev–Trinajstić information content (AvgIpc) is 2.37. The SMILES string of the molecule is CC(=O)O[C@H]1CCCc2ccc3cc(C)ccc3c21. The quantitative estimate of drug-likeness (QED) is 0.716. The number of carbonyl (C=O) groups excluding carboxylic acids is 1. The van der Waals surface area contributed by atoms with Gasteiger partial charge in [0.1, 0.15) is 6.10 Å². The van der Waals surface area contributed by atoms with Gasteiger partial charge in [0, 0.05) is 12.5 Å². The molecule has 98 valence electrons. The second-order valence-corrected chi connectivity index (χ2v) is 5.35. The lowest BCUT2D eigenvalue weighted by molar-refractivity contribution is -0.147. The van der Waals surface area contributed by atoms with Crippen LogP contribution in [0.2, 0.25) is 0 Å². The second kappa shape index (κ2) is 4.69. The minimum Gasteiger partial charge on any atom is -0.458 e. The van der Waals surface area contributed by atoms with E-state index >= 15 is 0 Å². The van der Waals surface area contributed by atoms with Crippen molar-refractivity contribution in [3.05, 3.63) is 47.0 Å². The Hall–Kier alpha value is -1.83. The molecule has 0 amide bonds. The molecule has 0 saturated carbocycles. The molecule has 3 rings (SSSR count). The van der Waals surface area contributed by atoms with Gasteiger partial charge in [0.25, 0.3) is 0 Å². The Kier molecular flexibility index (Phi) is 3.02. The summed E-state index contributed by atoms with van der Waals surface area (Å²) in [4.78, 5) is 11.3. The van der Waals surface area contributed by atoms with E-state index in [-0.39, 0.29) is 12.1 Å². The molecule has 19 heavy (non-hydrogen) atoms. The first-order valence-electron chi connectivity index (χ1n) is 6.84. The summed E-state index contributed by atoms with van der Waals surface area (Å²) in [6.45, 7) is 3.59. The third-order valence-electron chi connectivity index (χ3n) is 3.85. The molecule has 0 aromatic heterocycles. The maximum absolute atomic E-state index is 11.3. The molecule has 0 bridgehead atoms. The van der Waals surface area contributed by atoms with Crippen molar-refractivity contribution >= 4 is 16.7 Å². The number of ether oxygens (including phenoxy) is 1. The molecule has 0 fully saturated rings. The number of rotatable bonds is 1. The van der Waals surface area contributed by atoms with Crippen molar-refractivity contribution in [2.75, 3.05) is 0 Å². The highest BCUT2D eigenvalue weighted by atomic mass is 16.5. The van der Waals surface area contributed by atoms with Gasteiger partial charge in [-0.05, 0) is 42.5 Å². The van der Waals surface area contributed by atoms with Crippen molar-refractivity contribution in [2.24, 2.45) is 0 Å². The molecule has 0 aliphatic heterocycles. The minimum absolute atomic E-state index is 0.0762. The summed E-state index contributed by atoms with van der Waals surface area (Å²) < 4.78 is 5.52. The van der Waals surface area contributed by atoms with E-state index in [0.29, 0.717) is 0 Å². The Labute approximate surface area is 113 Å². The molecule has 0 saturated heterocycles. The Morgan fingerprint density at radius 3 is 2.89 bits per heavy atom. The van der Waals surface area contributed by atoms with E-state index in [2.05, 4.69) is 37.3 Å². The summed E-state index contributed by atoms with van der Waals surface area (Å²) in [7, 11) is 0. The zero-order valence-corrected chi connectivity index (χ0v) is 11.4. The normalized spacial score (nSPS) is 18.1. The fraction of sp³-hybridized carbons (Fsp3) is 0.353. The maximum Gasteiger partial charge on any atom is 0.303 e. The molecule has 0 unspecified atom stereocenters. The van der Waals surface area contributed by atoms with Crippen molar-refractivity contribution < 1.29 is 9.53 Å². The van der Waals surface area contributed by atoms with Crippen LogP contribution >= 0.6 is 0 Å². The first-order valence-corrected chi connectivity index (χ1v) is 6.84. The molecule has 0 radical (unpaired) electrons. The highest BCUT2D eigenvalue weighted by Crippen LogP contribution is 2.37. The summed E-state index contributed by atoms with van der Waals surface area (Å²) in [6, 6.07) is 10.8. The Balaban J connectivity index is 2.19. The van der Waals surface area contributed by atoms with Crippen molar-refractivity contribution in [1.29, 1.82) is 0 Å². The topological polar surface area (TPSA) is 26.3 Å². The van der Waals surface area contributed by atoms with Crippen LogP contribution in [0.3, 0.4) is 0 Å². The van der Waals surface area contributed by atoms with Crippen LogP contribution in [0.25, 0.3) is 10.8 Å². The Bertz CT molecular complexity index is 643. The van der Waals surface area contributed by atoms with Gasteiger partial charge in [0.05, 0.1) is 0 Å². The fourth-order valence-electron chi connectivity index (χ4n) is 3.06. The van der Waals surface area contributed by atoms with E-state index in [0.717, 1.165) is 19.3 Å². The second-order valence-electron chi connectivity index (χ2n) is 5.35. The van der Waals surface area contributed by atoms with Gasteiger partial charge in [-0.2, -0.15) is 0 Å². The minimum atomic E-state index is -0.193. The molecule has 2 aromatic carbocycles. The number of benzene rings is 2. The monoisotopic (exact) mass is 254 g/mol. The highest BCUT2D eigenvalue weighted by Gasteiger charge is 2.24. The van der Waals surface area contributed by atoms with Crippen LogP contribution in [0.5, 0.6) is 0 Å². The van der Waals surface area contributed by atoms with Gasteiger partial charge in [-0.3, -0.25) is 4.79 Å². The zero-order chi connectivity index (χ0) is 13.4. The Morgan fingerprint density at radius 1 is 1.26 bits per heavy atom. The Morgan fingerprint density at radius 2 is 2.11 bits per heavy atom. The van der Waals surface area contributed by atoms with Gasteiger partial charge in [0.2, 0.25) is 0 Å². The summed E-state index contributed by atoms with van der Waals surface area (Å²) in [5.41, 5.74) is 3.81. The van der Waals surface area contributed by atoms with Gasteiger partial charge in [-0.1, -0.05) is 35.9 Å². The molecule has 0 N–H and O–H groups in total. The van der Waals surface area contributed by atoms with Crippen LogP contribution in [0.1, 0.15) is 42.6 Å². The molecule has 1 aliphatic carbocycles. The molecule has 2 heteroatoms. The maximum atomic E-state index is 11.3. The summed E-state index contributed by atoms with van der Waals surface area (Å²) in [5.74, 6) is -0.193. The molecule has 0 heterocycles. The summed E-state index contributed by atoms with van der Waals surface area (Å²) in [5, 5.41) is 2.46. The van der Waals surface area contributed by atoms with E-state index in [1.54, 1.807) is 0 Å². The number of aryl methyl sites for hydroxylation is 2. The summed E-state index contributed by atoms with van der Waals surface area (Å²) in [6.07, 6.45) is 3.02. The number of esters is 1. The van der Waals surface area contributed by atoms with E-state index < -0.39 is 0 Å². The van der Waals surface area contributed by atoms with Gasteiger partial charge in [0.15, 0.2) is 0 Å². The molecule has 2 aromatic rings. The van der Waals surface area contributed by atoms with Crippen LogP contribution in [0, 0.1) is 6.92 Å². The van der Waals surface area contributed by atoms with Crippen molar-refractivity contribution in [3.8, 4) is 0 Å². The van der Waals surface area contributed by atoms with E-state index in [9.17, 15) is 4.79 Å². The number of hydrogen-bond acceptors (Lipinski definition) is 2. The predicted octanol–water partition coefficient (Wildman–Crippen LogP) is 4.09. The molecule has 0 spiro atoms. The van der Waals surface area contributed by atoms with E-state index in [4.69, 9.17) is 4.74 Å². The average molecular weight is 254 g/mol. The first-order chi connectivity index (χ1) is 9.15. The third-order valence-corrected chi connectivity index (χ3v) is 3.85. The fourth-order valence-corrected chi connectivity index (χ4v) is 3.06. The molecular weight excluding hydrogens is 236 g/mol. The number of carbonyl (C=O) groups is 1.